The Bertz CT molecular complexity index is 358. The lowest BCUT2D eigenvalue weighted by molar-refractivity contribution is -0.0333. The summed E-state index contributed by atoms with van der Waals surface area (Å²) in [6, 6.07) is 0. The molecule has 0 radical (unpaired) electrons. The van der Waals surface area contributed by atoms with Crippen molar-refractivity contribution in [3.8, 4) is 0 Å². The highest BCUT2D eigenvalue weighted by atomic mass is 16.5. The fourth-order valence-corrected chi connectivity index (χ4v) is 3.69. The molecule has 1 saturated heterocycles. The van der Waals surface area contributed by atoms with Crippen LogP contribution in [0.4, 0.5) is 0 Å². The molecular weight excluding hydrogens is 288 g/mol. The summed E-state index contributed by atoms with van der Waals surface area (Å²) in [5.74, 6) is 1.60. The van der Waals surface area contributed by atoms with Gasteiger partial charge in [-0.1, -0.05) is 33.1 Å². The van der Waals surface area contributed by atoms with Crippen LogP contribution in [0.15, 0.2) is 4.99 Å². The average Bonchev–Trinajstić information content (AvgIpc) is 2.59. The Balaban J connectivity index is 2.03. The van der Waals surface area contributed by atoms with E-state index in [0.717, 1.165) is 51.9 Å². The normalized spacial score (nSPS) is 23.0. The molecule has 0 aromatic rings. The molecule has 2 fully saturated rings. The van der Waals surface area contributed by atoms with Gasteiger partial charge in [-0.3, -0.25) is 9.89 Å². The van der Waals surface area contributed by atoms with Gasteiger partial charge < -0.3 is 15.4 Å². The van der Waals surface area contributed by atoms with Crippen LogP contribution in [0.25, 0.3) is 0 Å². The van der Waals surface area contributed by atoms with Crippen molar-refractivity contribution in [1.29, 1.82) is 0 Å². The summed E-state index contributed by atoms with van der Waals surface area (Å²) in [6.07, 6.45) is 6.60. The quantitative estimate of drug-likeness (QED) is 0.581. The monoisotopic (exact) mass is 324 g/mol. The predicted molar refractivity (Wildman–Crippen MR) is 97.0 cm³/mol. The van der Waals surface area contributed by atoms with Crippen LogP contribution in [-0.2, 0) is 4.74 Å². The van der Waals surface area contributed by atoms with Gasteiger partial charge in [0, 0.05) is 31.7 Å². The van der Waals surface area contributed by atoms with Crippen molar-refractivity contribution in [3.63, 3.8) is 0 Å². The second-order valence-electron chi connectivity index (χ2n) is 7.35. The molecule has 23 heavy (non-hydrogen) atoms. The second kappa shape index (κ2) is 9.48. The zero-order valence-electron chi connectivity index (χ0n) is 15.4. The number of rotatable bonds is 6. The number of hydrogen-bond donors (Lipinski definition) is 2. The van der Waals surface area contributed by atoms with E-state index in [4.69, 9.17) is 9.73 Å². The van der Waals surface area contributed by atoms with Gasteiger partial charge in [-0.25, -0.2) is 0 Å². The van der Waals surface area contributed by atoms with Crippen molar-refractivity contribution in [2.45, 2.75) is 58.4 Å². The molecule has 5 heteroatoms. The van der Waals surface area contributed by atoms with Gasteiger partial charge in [-0.15, -0.1) is 0 Å². The SMILES string of the molecule is CCNC(=NCC1(N2CCOCC2)CCCCC1)NCC(C)C. The first kappa shape index (κ1) is 18.5. The number of nitrogens with one attached hydrogen (secondary N) is 2. The average molecular weight is 325 g/mol. The van der Waals surface area contributed by atoms with Crippen LogP contribution >= 0.6 is 0 Å². The minimum Gasteiger partial charge on any atom is -0.379 e. The summed E-state index contributed by atoms with van der Waals surface area (Å²) in [4.78, 5) is 7.63. The lowest BCUT2D eigenvalue weighted by Gasteiger charge is -2.47. The van der Waals surface area contributed by atoms with Gasteiger partial charge in [0.1, 0.15) is 0 Å². The number of guanidine groups is 1. The molecule has 134 valence electrons. The van der Waals surface area contributed by atoms with Gasteiger partial charge in [-0.2, -0.15) is 0 Å². The fraction of sp³-hybridized carbons (Fsp3) is 0.944. The number of hydrogen-bond acceptors (Lipinski definition) is 3. The van der Waals surface area contributed by atoms with Crippen LogP contribution in [0, 0.1) is 5.92 Å². The van der Waals surface area contributed by atoms with E-state index >= 15 is 0 Å². The lowest BCUT2D eigenvalue weighted by atomic mass is 9.80. The standard InChI is InChI=1S/C18H36N4O/c1-4-19-17(20-14-16(2)3)21-15-18(8-6-5-7-9-18)22-10-12-23-13-11-22/h16H,4-15H2,1-3H3,(H2,19,20,21). The summed E-state index contributed by atoms with van der Waals surface area (Å²) < 4.78 is 5.56. The van der Waals surface area contributed by atoms with E-state index in [1.165, 1.54) is 32.1 Å². The van der Waals surface area contributed by atoms with Gasteiger partial charge >= 0.3 is 0 Å². The van der Waals surface area contributed by atoms with Crippen molar-refractivity contribution in [3.05, 3.63) is 0 Å². The van der Waals surface area contributed by atoms with E-state index in [1.807, 2.05) is 0 Å². The van der Waals surface area contributed by atoms with Crippen molar-refractivity contribution < 1.29 is 4.74 Å². The molecular formula is C18H36N4O. The van der Waals surface area contributed by atoms with Gasteiger partial charge in [0.05, 0.1) is 19.8 Å². The first-order valence-corrected chi connectivity index (χ1v) is 9.51. The number of morpholine rings is 1. The Morgan fingerprint density at radius 2 is 1.83 bits per heavy atom. The van der Waals surface area contributed by atoms with Crippen LogP contribution in [0.1, 0.15) is 52.9 Å². The first-order chi connectivity index (χ1) is 11.2. The van der Waals surface area contributed by atoms with E-state index in [0.29, 0.717) is 5.92 Å². The largest absolute Gasteiger partial charge is 0.379 e. The third-order valence-electron chi connectivity index (χ3n) is 5.02. The van der Waals surface area contributed by atoms with Gasteiger partial charge in [0.15, 0.2) is 5.96 Å². The molecule has 1 aliphatic carbocycles. The van der Waals surface area contributed by atoms with Crippen molar-refractivity contribution in [2.75, 3.05) is 45.9 Å². The van der Waals surface area contributed by atoms with Crippen LogP contribution in [0.3, 0.4) is 0 Å². The van der Waals surface area contributed by atoms with Crippen molar-refractivity contribution >= 4 is 5.96 Å². The van der Waals surface area contributed by atoms with Crippen LogP contribution in [0.5, 0.6) is 0 Å². The first-order valence-electron chi connectivity index (χ1n) is 9.51. The van der Waals surface area contributed by atoms with Gasteiger partial charge in [0.25, 0.3) is 0 Å². The maximum Gasteiger partial charge on any atom is 0.191 e. The Kier molecular flexibility index (Phi) is 7.63. The summed E-state index contributed by atoms with van der Waals surface area (Å²) in [5.41, 5.74) is 0.252. The number of nitrogens with zero attached hydrogens (tertiary/aromatic N) is 2. The van der Waals surface area contributed by atoms with E-state index in [1.54, 1.807) is 0 Å². The molecule has 0 aromatic heterocycles. The Morgan fingerprint density at radius 1 is 1.13 bits per heavy atom. The lowest BCUT2D eigenvalue weighted by Crippen LogP contribution is -2.56. The third kappa shape index (κ3) is 5.64. The fourth-order valence-electron chi connectivity index (χ4n) is 3.69. The minimum absolute atomic E-state index is 0.252. The molecule has 0 amide bonds. The van der Waals surface area contributed by atoms with Crippen molar-refractivity contribution in [2.24, 2.45) is 10.9 Å². The summed E-state index contributed by atoms with van der Waals surface area (Å²) in [5, 5.41) is 6.87. The second-order valence-corrected chi connectivity index (χ2v) is 7.35. The maximum atomic E-state index is 5.56. The molecule has 0 bridgehead atoms. The smallest absolute Gasteiger partial charge is 0.191 e. The van der Waals surface area contributed by atoms with Crippen LogP contribution in [-0.4, -0.2) is 62.3 Å². The molecule has 2 aliphatic rings. The molecule has 0 atom stereocenters. The highest BCUT2D eigenvalue weighted by Gasteiger charge is 2.38. The molecule has 0 unspecified atom stereocenters. The third-order valence-corrected chi connectivity index (χ3v) is 5.02. The zero-order valence-corrected chi connectivity index (χ0v) is 15.4. The molecule has 0 spiro atoms. The molecule has 1 heterocycles. The predicted octanol–water partition coefficient (Wildman–Crippen LogP) is 2.23. The number of aliphatic imine (C=N–C) groups is 1. The van der Waals surface area contributed by atoms with E-state index < -0.39 is 0 Å². The molecule has 1 saturated carbocycles. The van der Waals surface area contributed by atoms with Crippen LogP contribution < -0.4 is 10.6 Å². The van der Waals surface area contributed by atoms with Crippen LogP contribution in [0.2, 0.25) is 0 Å². The molecule has 2 N–H and O–H groups in total. The Hall–Kier alpha value is -0.810. The Labute approximate surface area is 142 Å². The molecule has 0 aromatic carbocycles. The molecule has 5 nitrogen and oxygen atoms in total. The zero-order chi connectivity index (χ0) is 16.5. The topological polar surface area (TPSA) is 48.9 Å². The summed E-state index contributed by atoms with van der Waals surface area (Å²) in [6.45, 7) is 13.2. The molecule has 2 rings (SSSR count). The van der Waals surface area contributed by atoms with Crippen molar-refractivity contribution in [1.82, 2.24) is 15.5 Å². The summed E-state index contributed by atoms with van der Waals surface area (Å²) in [7, 11) is 0. The Morgan fingerprint density at radius 3 is 2.43 bits per heavy atom. The highest BCUT2D eigenvalue weighted by molar-refractivity contribution is 5.79. The van der Waals surface area contributed by atoms with E-state index in [2.05, 4.69) is 36.3 Å². The minimum atomic E-state index is 0.252. The van der Waals surface area contributed by atoms with Gasteiger partial charge in [0.2, 0.25) is 0 Å². The maximum absolute atomic E-state index is 5.56. The summed E-state index contributed by atoms with van der Waals surface area (Å²) >= 11 is 0. The van der Waals surface area contributed by atoms with E-state index in [-0.39, 0.29) is 5.54 Å². The number of ether oxygens (including phenoxy) is 1. The highest BCUT2D eigenvalue weighted by Crippen LogP contribution is 2.34. The van der Waals surface area contributed by atoms with Gasteiger partial charge in [-0.05, 0) is 25.7 Å². The molecule has 1 aliphatic heterocycles. The van der Waals surface area contributed by atoms with E-state index in [9.17, 15) is 0 Å².